The molecule has 2 fully saturated rings. The van der Waals surface area contributed by atoms with Crippen molar-refractivity contribution < 1.29 is 19.0 Å². The van der Waals surface area contributed by atoms with Gasteiger partial charge >= 0.3 is 6.09 Å². The number of hydrogen-bond donors (Lipinski definition) is 4. The summed E-state index contributed by atoms with van der Waals surface area (Å²) >= 11 is 0. The van der Waals surface area contributed by atoms with Gasteiger partial charge in [-0.15, -0.1) is 5.10 Å². The standard InChI is InChI=1S/C25H40N8O4/c1-5-15(3)28-25(34)37-18-8-7-17(11-18)19-12-20(31-30-19)29-23(26)22-21(27-6-2)24(32-33(22)4)36-14-16-9-10-35-13-16/h12,15-18H,5-11,13-14,26H2,1-4H3,(H,28,34)(H2,29,30,31)/b23-22-,27-21+. The Kier molecular flexibility index (Phi) is 8.91. The number of hydrogen-bond acceptors (Lipinski definition) is 10. The van der Waals surface area contributed by atoms with Crippen LogP contribution in [0, 0.1) is 5.92 Å². The third kappa shape index (κ3) is 6.73. The van der Waals surface area contributed by atoms with Gasteiger partial charge in [-0.25, -0.2) is 4.79 Å². The van der Waals surface area contributed by atoms with Gasteiger partial charge in [0.25, 0.3) is 5.90 Å². The van der Waals surface area contributed by atoms with Crippen molar-refractivity contribution >= 4 is 23.5 Å². The highest BCUT2D eigenvalue weighted by Crippen LogP contribution is 2.36. The minimum absolute atomic E-state index is 0.0993. The lowest BCUT2D eigenvalue weighted by Crippen LogP contribution is -2.34. The number of aromatic nitrogens is 2. The second kappa shape index (κ2) is 12.3. The summed E-state index contributed by atoms with van der Waals surface area (Å²) in [4.78, 5) is 16.7. The van der Waals surface area contributed by atoms with Crippen LogP contribution >= 0.6 is 0 Å². The molecule has 4 atom stereocenters. The number of H-pyrrole nitrogens is 1. The fourth-order valence-electron chi connectivity index (χ4n) is 4.72. The summed E-state index contributed by atoms with van der Waals surface area (Å²) in [7, 11) is 1.82. The Labute approximate surface area is 218 Å². The molecule has 1 saturated carbocycles. The Bertz CT molecular complexity index is 1030. The van der Waals surface area contributed by atoms with Crippen molar-refractivity contribution in [2.24, 2.45) is 21.7 Å². The van der Waals surface area contributed by atoms with Crippen LogP contribution in [0.3, 0.4) is 0 Å². The first kappa shape index (κ1) is 26.8. The van der Waals surface area contributed by atoms with Crippen LogP contribution < -0.4 is 16.4 Å². The number of aromatic amines is 1. The van der Waals surface area contributed by atoms with Gasteiger partial charge in [-0.05, 0) is 46.0 Å². The fraction of sp³-hybridized carbons (Fsp3) is 0.680. The molecule has 3 heterocycles. The van der Waals surface area contributed by atoms with Gasteiger partial charge in [-0.3, -0.25) is 15.1 Å². The van der Waals surface area contributed by atoms with E-state index in [-0.39, 0.29) is 24.2 Å². The molecule has 1 saturated heterocycles. The van der Waals surface area contributed by atoms with Crippen molar-refractivity contribution in [3.05, 3.63) is 23.3 Å². The molecule has 1 aromatic heterocycles. The van der Waals surface area contributed by atoms with Crippen LogP contribution in [-0.4, -0.2) is 78.5 Å². The monoisotopic (exact) mass is 516 g/mol. The number of carbonyl (C=O) groups excluding carboxylic acids is 1. The maximum Gasteiger partial charge on any atom is 0.407 e. The van der Waals surface area contributed by atoms with Crippen LogP contribution in [0.5, 0.6) is 0 Å². The van der Waals surface area contributed by atoms with E-state index in [1.54, 1.807) is 5.01 Å². The highest BCUT2D eigenvalue weighted by molar-refractivity contribution is 6.46. The highest BCUT2D eigenvalue weighted by Gasteiger charge is 2.32. The van der Waals surface area contributed by atoms with E-state index in [1.807, 2.05) is 33.9 Å². The Morgan fingerprint density at radius 2 is 2.22 bits per heavy atom. The van der Waals surface area contributed by atoms with E-state index in [0.29, 0.717) is 54.6 Å². The number of anilines is 1. The van der Waals surface area contributed by atoms with Crippen molar-refractivity contribution in [2.75, 3.05) is 38.7 Å². The van der Waals surface area contributed by atoms with Gasteiger partial charge in [0, 0.05) is 49.8 Å². The van der Waals surface area contributed by atoms with E-state index >= 15 is 0 Å². The summed E-state index contributed by atoms with van der Waals surface area (Å²) in [6, 6.07) is 2.05. The Hall–Kier alpha value is -3.28. The number of aliphatic imine (C=N–C) groups is 1. The third-order valence-electron chi connectivity index (χ3n) is 6.98. The molecule has 0 aromatic carbocycles. The van der Waals surface area contributed by atoms with Crippen molar-refractivity contribution in [1.29, 1.82) is 0 Å². The molecule has 12 heteroatoms. The van der Waals surface area contributed by atoms with E-state index < -0.39 is 0 Å². The number of rotatable bonds is 9. The minimum Gasteiger partial charge on any atom is -0.475 e. The number of ether oxygens (including phenoxy) is 3. The van der Waals surface area contributed by atoms with Gasteiger partial charge in [0.05, 0.1) is 13.2 Å². The predicted octanol–water partition coefficient (Wildman–Crippen LogP) is 2.88. The predicted molar refractivity (Wildman–Crippen MR) is 141 cm³/mol. The summed E-state index contributed by atoms with van der Waals surface area (Å²) in [6.07, 6.45) is 3.88. The molecule has 37 heavy (non-hydrogen) atoms. The average molecular weight is 517 g/mol. The molecule has 5 N–H and O–H groups in total. The molecule has 12 nitrogen and oxygen atoms in total. The van der Waals surface area contributed by atoms with E-state index in [9.17, 15) is 4.79 Å². The summed E-state index contributed by atoms with van der Waals surface area (Å²) in [5, 5.41) is 19.7. The maximum atomic E-state index is 12.1. The molecule has 0 spiro atoms. The van der Waals surface area contributed by atoms with Gasteiger partial charge in [0.1, 0.15) is 17.6 Å². The van der Waals surface area contributed by atoms with Crippen molar-refractivity contribution in [3.8, 4) is 0 Å². The van der Waals surface area contributed by atoms with Gasteiger partial charge in [0.15, 0.2) is 11.5 Å². The molecule has 3 aliphatic rings. The summed E-state index contributed by atoms with van der Waals surface area (Å²) in [5.74, 6) is 2.03. The summed E-state index contributed by atoms with van der Waals surface area (Å²) in [5.41, 5.74) is 8.72. The Morgan fingerprint density at radius 1 is 1.38 bits per heavy atom. The average Bonchev–Trinajstić information content (AvgIpc) is 3.66. The van der Waals surface area contributed by atoms with Gasteiger partial charge < -0.3 is 30.6 Å². The van der Waals surface area contributed by atoms with Crippen LogP contribution in [0.15, 0.2) is 27.7 Å². The lowest BCUT2D eigenvalue weighted by Gasteiger charge is -2.16. The van der Waals surface area contributed by atoms with Crippen molar-refractivity contribution in [2.45, 2.75) is 70.9 Å². The molecule has 0 radical (unpaired) electrons. The molecule has 2 aliphatic heterocycles. The molecule has 4 rings (SSSR count). The quantitative estimate of drug-likeness (QED) is 0.391. The van der Waals surface area contributed by atoms with Crippen LogP contribution in [-0.2, 0) is 14.2 Å². The molecule has 204 valence electrons. The van der Waals surface area contributed by atoms with E-state index in [2.05, 4.69) is 30.9 Å². The smallest absolute Gasteiger partial charge is 0.407 e. The van der Waals surface area contributed by atoms with E-state index in [4.69, 9.17) is 19.9 Å². The number of nitrogens with zero attached hydrogens (tertiary/aromatic N) is 4. The number of nitrogens with two attached hydrogens (primary N) is 1. The zero-order chi connectivity index (χ0) is 26.4. The highest BCUT2D eigenvalue weighted by atomic mass is 16.6. The summed E-state index contributed by atoms with van der Waals surface area (Å²) in [6.45, 7) is 8.53. The first-order valence-corrected chi connectivity index (χ1v) is 13.2. The molecular weight excluding hydrogens is 476 g/mol. The topological polar surface area (TPSA) is 151 Å². The molecule has 0 bridgehead atoms. The van der Waals surface area contributed by atoms with E-state index in [0.717, 1.165) is 44.4 Å². The van der Waals surface area contributed by atoms with Crippen LogP contribution in [0.1, 0.15) is 64.5 Å². The first-order valence-electron chi connectivity index (χ1n) is 13.2. The number of hydrazone groups is 1. The van der Waals surface area contributed by atoms with Crippen LogP contribution in [0.2, 0.25) is 0 Å². The van der Waals surface area contributed by atoms with E-state index in [1.165, 1.54) is 0 Å². The second-order valence-electron chi connectivity index (χ2n) is 9.88. The first-order chi connectivity index (χ1) is 17.9. The van der Waals surface area contributed by atoms with Crippen molar-refractivity contribution in [1.82, 2.24) is 20.5 Å². The number of carbonyl (C=O) groups is 1. The number of nitrogens with one attached hydrogen (secondary N) is 3. The number of alkyl carbamates (subject to hydrolysis) is 1. The summed E-state index contributed by atoms with van der Waals surface area (Å²) < 4.78 is 17.1. The molecular formula is C25H40N8O4. The molecule has 4 unspecified atom stereocenters. The minimum atomic E-state index is -0.348. The lowest BCUT2D eigenvalue weighted by molar-refractivity contribution is 0.0974. The zero-order valence-electron chi connectivity index (χ0n) is 22.2. The van der Waals surface area contributed by atoms with Gasteiger partial charge in [-0.1, -0.05) is 6.92 Å². The Balaban J connectivity index is 1.36. The second-order valence-corrected chi connectivity index (χ2v) is 9.88. The third-order valence-corrected chi connectivity index (χ3v) is 6.98. The van der Waals surface area contributed by atoms with Crippen LogP contribution in [0.4, 0.5) is 10.6 Å². The maximum absolute atomic E-state index is 12.1. The van der Waals surface area contributed by atoms with Crippen molar-refractivity contribution in [3.63, 3.8) is 0 Å². The SMILES string of the molecule is CC/N=C1/C(OCC2CCOC2)=NN(C)/C1=C(/N)Nc1cc(C2CCC(OC(=O)NC(C)CC)C2)[nH]n1. The molecule has 1 aliphatic carbocycles. The Morgan fingerprint density at radius 3 is 2.95 bits per heavy atom. The lowest BCUT2D eigenvalue weighted by atomic mass is 10.0. The zero-order valence-corrected chi connectivity index (χ0v) is 22.2. The van der Waals surface area contributed by atoms with Gasteiger partial charge in [-0.2, -0.15) is 5.10 Å². The molecule has 1 aromatic rings. The molecule has 1 amide bonds. The van der Waals surface area contributed by atoms with Gasteiger partial charge in [0.2, 0.25) is 0 Å². The normalized spacial score (nSPS) is 26.8. The van der Waals surface area contributed by atoms with Crippen LogP contribution in [0.25, 0.3) is 0 Å². The fourth-order valence-corrected chi connectivity index (χ4v) is 4.72. The number of amides is 1. The largest absolute Gasteiger partial charge is 0.475 e.